The number of furan rings is 1. The van der Waals surface area contributed by atoms with E-state index in [1.165, 1.54) is 0 Å². The number of nitrogens with zero attached hydrogens (tertiary/aromatic N) is 3. The lowest BCUT2D eigenvalue weighted by Crippen LogP contribution is -2.21. The minimum atomic E-state index is -0.146. The molecule has 0 fully saturated rings. The lowest BCUT2D eigenvalue weighted by molar-refractivity contribution is 0.409. The Morgan fingerprint density at radius 3 is 2.57 bits per heavy atom. The number of aliphatic imine (C=N–C) groups is 1. The van der Waals surface area contributed by atoms with Gasteiger partial charge in [0.1, 0.15) is 23.3 Å². The van der Waals surface area contributed by atoms with E-state index in [0.717, 1.165) is 45.4 Å². The van der Waals surface area contributed by atoms with Gasteiger partial charge in [0.25, 0.3) is 0 Å². The molecule has 0 amide bonds. The molecule has 1 atom stereocenters. The number of phenols is 1. The summed E-state index contributed by atoms with van der Waals surface area (Å²) in [6.45, 7) is 1.99. The number of aromatic hydroxyl groups is 1. The predicted octanol–water partition coefficient (Wildman–Crippen LogP) is 5.28. The van der Waals surface area contributed by atoms with Crippen LogP contribution in [0.15, 0.2) is 76.3 Å². The summed E-state index contributed by atoms with van der Waals surface area (Å²) < 4.78 is 13.0. The molecule has 0 radical (unpaired) electrons. The molecular formula is C24H21N3O3. The maximum absolute atomic E-state index is 10.4. The quantitative estimate of drug-likeness (QED) is 0.507. The fourth-order valence-corrected chi connectivity index (χ4v) is 3.99. The molecule has 150 valence electrons. The van der Waals surface area contributed by atoms with E-state index >= 15 is 0 Å². The summed E-state index contributed by atoms with van der Waals surface area (Å²) in [4.78, 5) is 4.96. The van der Waals surface area contributed by atoms with Gasteiger partial charge < -0.3 is 14.3 Å². The molecular weight excluding hydrogens is 378 g/mol. The highest BCUT2D eigenvalue weighted by molar-refractivity contribution is 6.05. The van der Waals surface area contributed by atoms with E-state index < -0.39 is 0 Å². The van der Waals surface area contributed by atoms with Crippen LogP contribution in [0.2, 0.25) is 0 Å². The van der Waals surface area contributed by atoms with E-state index in [1.54, 1.807) is 19.4 Å². The number of rotatable bonds is 4. The largest absolute Gasteiger partial charge is 0.507 e. The van der Waals surface area contributed by atoms with Crippen molar-refractivity contribution in [3.8, 4) is 22.6 Å². The molecule has 0 spiro atoms. The average Bonchev–Trinajstić information content (AvgIpc) is 3.41. The van der Waals surface area contributed by atoms with Gasteiger partial charge in [-0.3, -0.25) is 0 Å². The van der Waals surface area contributed by atoms with Crippen LogP contribution in [0.4, 0.5) is 5.82 Å². The normalized spacial score (nSPS) is 15.5. The van der Waals surface area contributed by atoms with Crippen molar-refractivity contribution in [2.24, 2.45) is 4.99 Å². The van der Waals surface area contributed by atoms with Crippen molar-refractivity contribution in [1.82, 2.24) is 9.78 Å². The maximum Gasteiger partial charge on any atom is 0.159 e. The molecule has 1 N–H and O–H groups in total. The molecule has 1 aliphatic heterocycles. The van der Waals surface area contributed by atoms with Crippen LogP contribution in [0, 0.1) is 6.92 Å². The molecule has 1 unspecified atom stereocenters. The van der Waals surface area contributed by atoms with Crippen LogP contribution in [-0.2, 0) is 0 Å². The topological polar surface area (TPSA) is 72.8 Å². The third-order valence-corrected chi connectivity index (χ3v) is 5.45. The van der Waals surface area contributed by atoms with Crippen LogP contribution < -0.4 is 4.74 Å². The van der Waals surface area contributed by atoms with Gasteiger partial charge in [-0.15, -0.1) is 0 Å². The first-order chi connectivity index (χ1) is 14.7. The number of hydrogen-bond donors (Lipinski definition) is 1. The van der Waals surface area contributed by atoms with E-state index in [-0.39, 0.29) is 11.8 Å². The highest BCUT2D eigenvalue weighted by Crippen LogP contribution is 2.42. The summed E-state index contributed by atoms with van der Waals surface area (Å²) in [5, 5.41) is 15.3. The summed E-state index contributed by atoms with van der Waals surface area (Å²) >= 11 is 0. The first-order valence-corrected chi connectivity index (χ1v) is 9.78. The van der Waals surface area contributed by atoms with Crippen molar-refractivity contribution in [3.05, 3.63) is 83.9 Å². The zero-order valence-corrected chi connectivity index (χ0v) is 16.7. The second-order valence-electron chi connectivity index (χ2n) is 7.27. The molecule has 5 rings (SSSR count). The van der Waals surface area contributed by atoms with Gasteiger partial charge in [0.2, 0.25) is 0 Å². The van der Waals surface area contributed by atoms with Crippen molar-refractivity contribution >= 4 is 11.5 Å². The molecule has 2 aromatic carbocycles. The molecule has 6 nitrogen and oxygen atoms in total. The van der Waals surface area contributed by atoms with Gasteiger partial charge in [-0.25, -0.2) is 9.67 Å². The second-order valence-corrected chi connectivity index (χ2v) is 7.27. The number of aromatic nitrogens is 2. The summed E-state index contributed by atoms with van der Waals surface area (Å²) in [6, 6.07) is 18.8. The first-order valence-electron chi connectivity index (χ1n) is 9.78. The first kappa shape index (κ1) is 18.2. The Labute approximate surface area is 174 Å². The van der Waals surface area contributed by atoms with Gasteiger partial charge in [0.05, 0.1) is 24.8 Å². The van der Waals surface area contributed by atoms with Crippen LogP contribution >= 0.6 is 0 Å². The monoisotopic (exact) mass is 399 g/mol. The molecule has 0 saturated heterocycles. The highest BCUT2D eigenvalue weighted by Gasteiger charge is 2.31. The van der Waals surface area contributed by atoms with Gasteiger partial charge in [-0.05, 0) is 48.9 Å². The summed E-state index contributed by atoms with van der Waals surface area (Å²) in [7, 11) is 1.65. The molecule has 2 aromatic heterocycles. The lowest BCUT2D eigenvalue weighted by Gasteiger charge is -2.23. The number of benzene rings is 2. The van der Waals surface area contributed by atoms with Crippen LogP contribution in [0.25, 0.3) is 11.1 Å². The maximum atomic E-state index is 10.4. The van der Waals surface area contributed by atoms with Crippen molar-refractivity contribution in [1.29, 1.82) is 0 Å². The summed E-state index contributed by atoms with van der Waals surface area (Å²) in [6.07, 6.45) is 2.24. The van der Waals surface area contributed by atoms with E-state index in [0.29, 0.717) is 6.42 Å². The fraction of sp³-hybridized carbons (Fsp3) is 0.167. The number of ether oxygens (including phenoxy) is 1. The smallest absolute Gasteiger partial charge is 0.159 e. The van der Waals surface area contributed by atoms with Crippen molar-refractivity contribution in [3.63, 3.8) is 0 Å². The van der Waals surface area contributed by atoms with Crippen molar-refractivity contribution < 1.29 is 14.3 Å². The molecule has 0 bridgehead atoms. The molecule has 3 heterocycles. The lowest BCUT2D eigenvalue weighted by atomic mass is 9.98. The SMILES string of the molecule is COc1ccc(-c2c(C)nn3c2N=C(c2ccccc2O)CC3c2ccco2)cc1. The molecule has 0 aliphatic carbocycles. The highest BCUT2D eigenvalue weighted by atomic mass is 16.5. The zero-order chi connectivity index (χ0) is 20.7. The minimum absolute atomic E-state index is 0.146. The van der Waals surface area contributed by atoms with Crippen LogP contribution in [0.1, 0.15) is 29.5 Å². The Bertz CT molecular complexity index is 1220. The van der Waals surface area contributed by atoms with Gasteiger partial charge in [0, 0.05) is 17.5 Å². The van der Waals surface area contributed by atoms with Crippen LogP contribution in [0.5, 0.6) is 11.5 Å². The Balaban J connectivity index is 1.71. The summed E-state index contributed by atoms with van der Waals surface area (Å²) in [5.41, 5.74) is 4.38. The van der Waals surface area contributed by atoms with Gasteiger partial charge in [-0.2, -0.15) is 5.10 Å². The average molecular weight is 399 g/mol. The molecule has 0 saturated carbocycles. The van der Waals surface area contributed by atoms with E-state index in [4.69, 9.17) is 19.2 Å². The molecule has 30 heavy (non-hydrogen) atoms. The fourth-order valence-electron chi connectivity index (χ4n) is 3.99. The third-order valence-electron chi connectivity index (χ3n) is 5.45. The number of hydrogen-bond acceptors (Lipinski definition) is 5. The van der Waals surface area contributed by atoms with Crippen LogP contribution in [0.3, 0.4) is 0 Å². The van der Waals surface area contributed by atoms with Gasteiger partial charge in [-0.1, -0.05) is 24.3 Å². The Morgan fingerprint density at radius 1 is 1.07 bits per heavy atom. The standard InChI is InChI=1S/C24H21N3O3/c1-15-23(16-9-11-17(29-2)12-10-16)24-25-19(18-6-3-4-7-21(18)28)14-20(27(24)26-15)22-8-5-13-30-22/h3-13,20,28H,14H2,1-2H3. The van der Waals surface area contributed by atoms with E-state index in [1.807, 2.05) is 66.2 Å². The van der Waals surface area contributed by atoms with Crippen molar-refractivity contribution in [2.75, 3.05) is 7.11 Å². The Hall–Kier alpha value is -3.80. The van der Waals surface area contributed by atoms with Crippen LogP contribution in [-0.4, -0.2) is 27.7 Å². The summed E-state index contributed by atoms with van der Waals surface area (Å²) in [5.74, 6) is 2.57. The van der Waals surface area contributed by atoms with E-state index in [9.17, 15) is 5.11 Å². The second kappa shape index (κ2) is 7.22. The number of aryl methyl sites for hydroxylation is 1. The van der Waals surface area contributed by atoms with E-state index in [2.05, 4.69) is 0 Å². The number of fused-ring (bicyclic) bond motifs is 1. The minimum Gasteiger partial charge on any atom is -0.507 e. The van der Waals surface area contributed by atoms with Gasteiger partial charge >= 0.3 is 0 Å². The van der Waals surface area contributed by atoms with Gasteiger partial charge in [0.15, 0.2) is 5.82 Å². The Kier molecular flexibility index (Phi) is 4.39. The molecule has 1 aliphatic rings. The third kappa shape index (κ3) is 2.97. The predicted molar refractivity (Wildman–Crippen MR) is 115 cm³/mol. The molecule has 4 aromatic rings. The Morgan fingerprint density at radius 2 is 1.87 bits per heavy atom. The number of phenolic OH excluding ortho intramolecular Hbond substituents is 1. The molecule has 6 heteroatoms. The number of methoxy groups -OCH3 is 1. The number of para-hydroxylation sites is 1. The van der Waals surface area contributed by atoms with Crippen molar-refractivity contribution in [2.45, 2.75) is 19.4 Å². The zero-order valence-electron chi connectivity index (χ0n) is 16.7.